The predicted octanol–water partition coefficient (Wildman–Crippen LogP) is 4.90. The Labute approximate surface area is 168 Å². The Morgan fingerprint density at radius 2 is 1.79 bits per heavy atom. The van der Waals surface area contributed by atoms with E-state index in [1.807, 2.05) is 12.1 Å². The molecule has 2 heterocycles. The number of rotatable bonds is 4. The van der Waals surface area contributed by atoms with Gasteiger partial charge in [0.25, 0.3) is 5.91 Å². The van der Waals surface area contributed by atoms with E-state index in [1.54, 1.807) is 35.7 Å². The maximum Gasteiger partial charge on any atom is 0.416 e. The number of nitrogens with one attached hydrogen (secondary N) is 1. The summed E-state index contributed by atoms with van der Waals surface area (Å²) >= 11 is 1.69. The Kier molecular flexibility index (Phi) is 4.99. The second-order valence-electron chi connectivity index (χ2n) is 6.41. The average Bonchev–Trinajstić information content (AvgIpc) is 3.30. The van der Waals surface area contributed by atoms with E-state index in [0.717, 1.165) is 34.8 Å². The lowest BCUT2D eigenvalue weighted by Crippen LogP contribution is -2.16. The molecule has 0 saturated carbocycles. The number of anilines is 1. The molecule has 0 fully saturated rings. The zero-order chi connectivity index (χ0) is 20.6. The molecular weight excluding hydrogens is 403 g/mol. The summed E-state index contributed by atoms with van der Waals surface area (Å²) in [5, 5.41) is 7.43. The summed E-state index contributed by atoms with van der Waals surface area (Å²) in [5.74, 6) is 2.17. The van der Waals surface area contributed by atoms with Gasteiger partial charge in [0.1, 0.15) is 11.6 Å². The van der Waals surface area contributed by atoms with Crippen LogP contribution >= 0.6 is 11.8 Å². The first-order valence-electron chi connectivity index (χ1n) is 8.68. The summed E-state index contributed by atoms with van der Waals surface area (Å²) in [6.45, 7) is 0. The molecule has 1 N–H and O–H groups in total. The number of carbonyl (C=O) groups excluding carboxylic acids is 1. The third-order valence-electron chi connectivity index (χ3n) is 4.58. The molecule has 0 spiro atoms. The molecule has 1 aliphatic rings. The molecule has 150 valence electrons. The van der Waals surface area contributed by atoms with Gasteiger partial charge < -0.3 is 10.1 Å². The van der Waals surface area contributed by atoms with Crippen LogP contribution in [-0.4, -0.2) is 22.8 Å². The smallest absolute Gasteiger partial charge is 0.416 e. The number of fused-ring (bicyclic) bond motifs is 1. The molecule has 0 bridgehead atoms. The second kappa shape index (κ2) is 7.47. The van der Waals surface area contributed by atoms with Crippen LogP contribution in [0.1, 0.15) is 27.2 Å². The summed E-state index contributed by atoms with van der Waals surface area (Å²) in [6, 6.07) is 11.4. The lowest BCUT2D eigenvalue weighted by atomic mass is 10.1. The standard InChI is InChI=1S/C20H16F3N3O2S/c1-28-15-8-6-14(7-9-15)26-18(16-10-29-11-17(16)25-26)24-19(27)12-2-4-13(5-3-12)20(21,22)23/h2-9H,10-11H2,1H3,(H,24,27). The molecular formula is C20H16F3N3O2S. The average molecular weight is 419 g/mol. The van der Waals surface area contributed by atoms with Gasteiger partial charge in [-0.1, -0.05) is 0 Å². The molecule has 0 atom stereocenters. The van der Waals surface area contributed by atoms with Crippen LogP contribution in [-0.2, 0) is 17.7 Å². The van der Waals surface area contributed by atoms with E-state index in [1.165, 1.54) is 12.1 Å². The van der Waals surface area contributed by atoms with E-state index >= 15 is 0 Å². The first kappa shape index (κ1) is 19.4. The number of benzene rings is 2. The van der Waals surface area contributed by atoms with Crippen LogP contribution in [0.15, 0.2) is 48.5 Å². The number of thioether (sulfide) groups is 1. The highest BCUT2D eigenvalue weighted by Gasteiger charge is 2.30. The van der Waals surface area contributed by atoms with E-state index in [2.05, 4.69) is 10.4 Å². The minimum Gasteiger partial charge on any atom is -0.497 e. The zero-order valence-electron chi connectivity index (χ0n) is 15.3. The number of hydrogen-bond donors (Lipinski definition) is 1. The van der Waals surface area contributed by atoms with Gasteiger partial charge in [0, 0.05) is 22.6 Å². The fraction of sp³-hybridized carbons (Fsp3) is 0.200. The maximum atomic E-state index is 12.7. The molecule has 0 saturated heterocycles. The number of alkyl halides is 3. The number of amides is 1. The van der Waals surface area contributed by atoms with Crippen molar-refractivity contribution in [2.24, 2.45) is 0 Å². The molecule has 0 radical (unpaired) electrons. The van der Waals surface area contributed by atoms with Gasteiger partial charge in [0.15, 0.2) is 0 Å². The van der Waals surface area contributed by atoms with Gasteiger partial charge in [-0.05, 0) is 48.5 Å². The van der Waals surface area contributed by atoms with Gasteiger partial charge in [-0.25, -0.2) is 4.68 Å². The van der Waals surface area contributed by atoms with Gasteiger partial charge in [0.2, 0.25) is 0 Å². The van der Waals surface area contributed by atoms with Gasteiger partial charge in [-0.2, -0.15) is 30.0 Å². The predicted molar refractivity (Wildman–Crippen MR) is 105 cm³/mol. The van der Waals surface area contributed by atoms with E-state index in [0.29, 0.717) is 17.3 Å². The molecule has 1 amide bonds. The summed E-state index contributed by atoms with van der Waals surface area (Å²) in [4.78, 5) is 12.7. The third-order valence-corrected chi connectivity index (χ3v) is 5.55. The molecule has 29 heavy (non-hydrogen) atoms. The lowest BCUT2D eigenvalue weighted by molar-refractivity contribution is -0.137. The van der Waals surface area contributed by atoms with Crippen molar-refractivity contribution in [1.29, 1.82) is 0 Å². The highest BCUT2D eigenvalue weighted by Crippen LogP contribution is 2.36. The number of aromatic nitrogens is 2. The minimum absolute atomic E-state index is 0.139. The van der Waals surface area contributed by atoms with Crippen molar-refractivity contribution in [2.75, 3.05) is 12.4 Å². The molecule has 9 heteroatoms. The Bertz CT molecular complexity index is 1040. The molecule has 0 unspecified atom stereocenters. The molecule has 1 aliphatic heterocycles. The van der Waals surface area contributed by atoms with Crippen LogP contribution in [0.4, 0.5) is 19.0 Å². The van der Waals surface area contributed by atoms with Gasteiger partial charge in [-0.3, -0.25) is 4.79 Å². The molecule has 2 aromatic carbocycles. The van der Waals surface area contributed by atoms with Crippen LogP contribution in [0.2, 0.25) is 0 Å². The van der Waals surface area contributed by atoms with Crippen LogP contribution in [0.3, 0.4) is 0 Å². The largest absolute Gasteiger partial charge is 0.497 e. The first-order valence-corrected chi connectivity index (χ1v) is 9.84. The van der Waals surface area contributed by atoms with Crippen molar-refractivity contribution >= 4 is 23.5 Å². The summed E-state index contributed by atoms with van der Waals surface area (Å²) in [6.07, 6.45) is -4.44. The number of carbonyl (C=O) groups is 1. The zero-order valence-corrected chi connectivity index (χ0v) is 16.1. The van der Waals surface area contributed by atoms with Crippen molar-refractivity contribution in [3.63, 3.8) is 0 Å². The van der Waals surface area contributed by atoms with E-state index in [9.17, 15) is 18.0 Å². The van der Waals surface area contributed by atoms with Crippen molar-refractivity contribution in [1.82, 2.24) is 9.78 Å². The van der Waals surface area contributed by atoms with Crippen LogP contribution < -0.4 is 10.1 Å². The fourth-order valence-electron chi connectivity index (χ4n) is 3.04. The molecule has 3 aromatic rings. The van der Waals surface area contributed by atoms with Crippen LogP contribution in [0.5, 0.6) is 5.75 Å². The van der Waals surface area contributed by atoms with Gasteiger partial charge in [-0.15, -0.1) is 0 Å². The Hall–Kier alpha value is -2.94. The SMILES string of the molecule is COc1ccc(-n2nc3c(c2NC(=O)c2ccc(C(F)(F)F)cc2)CSC3)cc1. The van der Waals surface area contributed by atoms with Crippen molar-refractivity contribution in [3.8, 4) is 11.4 Å². The van der Waals surface area contributed by atoms with Crippen LogP contribution in [0, 0.1) is 0 Å². The second-order valence-corrected chi connectivity index (χ2v) is 7.39. The quantitative estimate of drug-likeness (QED) is 0.654. The summed E-state index contributed by atoms with van der Waals surface area (Å²) < 4.78 is 45.1. The van der Waals surface area contributed by atoms with Crippen LogP contribution in [0.25, 0.3) is 5.69 Å². The number of methoxy groups -OCH3 is 1. The minimum atomic E-state index is -4.44. The topological polar surface area (TPSA) is 56.1 Å². The third kappa shape index (κ3) is 3.82. The molecule has 1 aromatic heterocycles. The number of hydrogen-bond acceptors (Lipinski definition) is 4. The lowest BCUT2D eigenvalue weighted by Gasteiger charge is -2.12. The monoisotopic (exact) mass is 419 g/mol. The van der Waals surface area contributed by atoms with E-state index < -0.39 is 17.6 Å². The fourth-order valence-corrected chi connectivity index (χ4v) is 4.08. The highest BCUT2D eigenvalue weighted by atomic mass is 32.2. The Morgan fingerprint density at radius 3 is 2.41 bits per heavy atom. The molecule has 4 rings (SSSR count). The highest BCUT2D eigenvalue weighted by molar-refractivity contribution is 7.98. The van der Waals surface area contributed by atoms with Gasteiger partial charge in [0.05, 0.1) is 24.1 Å². The normalized spacial score (nSPS) is 13.2. The maximum absolute atomic E-state index is 12.7. The molecule has 0 aliphatic carbocycles. The van der Waals surface area contributed by atoms with Crippen molar-refractivity contribution < 1.29 is 22.7 Å². The number of ether oxygens (including phenoxy) is 1. The number of nitrogens with zero attached hydrogens (tertiary/aromatic N) is 2. The van der Waals surface area contributed by atoms with Crippen molar-refractivity contribution in [3.05, 3.63) is 70.9 Å². The van der Waals surface area contributed by atoms with E-state index in [4.69, 9.17) is 4.74 Å². The Balaban J connectivity index is 1.65. The van der Waals surface area contributed by atoms with Crippen molar-refractivity contribution in [2.45, 2.75) is 17.7 Å². The summed E-state index contributed by atoms with van der Waals surface area (Å²) in [5.41, 5.74) is 1.89. The molecule has 5 nitrogen and oxygen atoms in total. The summed E-state index contributed by atoms with van der Waals surface area (Å²) in [7, 11) is 1.57. The first-order chi connectivity index (χ1) is 13.9. The Morgan fingerprint density at radius 1 is 1.10 bits per heavy atom. The van der Waals surface area contributed by atoms with E-state index in [-0.39, 0.29) is 5.56 Å². The number of halogens is 3. The van der Waals surface area contributed by atoms with Gasteiger partial charge >= 0.3 is 6.18 Å².